The second-order valence-corrected chi connectivity index (χ2v) is 4.94. The van der Waals surface area contributed by atoms with E-state index in [2.05, 4.69) is 10.3 Å². The second kappa shape index (κ2) is 5.42. The van der Waals surface area contributed by atoms with Crippen LogP contribution in [0.3, 0.4) is 0 Å². The molecular weight excluding hydrogens is 288 g/mol. The molecule has 5 heteroatoms. The number of halogens is 1. The fraction of sp³-hybridized carbons (Fsp3) is 0. The van der Waals surface area contributed by atoms with Gasteiger partial charge in [-0.05, 0) is 30.3 Å². The van der Waals surface area contributed by atoms with Crippen molar-refractivity contribution in [3.05, 3.63) is 65.3 Å². The summed E-state index contributed by atoms with van der Waals surface area (Å²) in [6.45, 7) is 0. The summed E-state index contributed by atoms with van der Waals surface area (Å²) >= 11 is 5.96. The Balaban J connectivity index is 2.21. The Kier molecular flexibility index (Phi) is 3.46. The van der Waals surface area contributed by atoms with Gasteiger partial charge in [-0.15, -0.1) is 0 Å². The summed E-state index contributed by atoms with van der Waals surface area (Å²) in [6, 6.07) is 14.6. The molecule has 0 aliphatic rings. The highest BCUT2D eigenvalue weighted by Gasteiger charge is 2.15. The SMILES string of the molecule is O=C(O)c1cnc2cc(Cl)ccc2c1Nc1ccccc1. The van der Waals surface area contributed by atoms with E-state index in [1.54, 1.807) is 18.2 Å². The molecule has 0 amide bonds. The Labute approximate surface area is 126 Å². The predicted octanol–water partition coefficient (Wildman–Crippen LogP) is 4.33. The number of aromatic nitrogens is 1. The Morgan fingerprint density at radius 2 is 1.90 bits per heavy atom. The Morgan fingerprint density at radius 1 is 1.14 bits per heavy atom. The number of carboxylic acids is 1. The highest BCUT2D eigenvalue weighted by Crippen LogP contribution is 2.30. The van der Waals surface area contributed by atoms with Crippen molar-refractivity contribution in [3.8, 4) is 0 Å². The third kappa shape index (κ3) is 2.66. The van der Waals surface area contributed by atoms with Crippen LogP contribution in [0.25, 0.3) is 10.9 Å². The zero-order chi connectivity index (χ0) is 14.8. The van der Waals surface area contributed by atoms with Crippen molar-refractivity contribution in [2.75, 3.05) is 5.32 Å². The maximum Gasteiger partial charge on any atom is 0.339 e. The fourth-order valence-electron chi connectivity index (χ4n) is 2.13. The number of hydrogen-bond acceptors (Lipinski definition) is 3. The lowest BCUT2D eigenvalue weighted by atomic mass is 10.1. The number of benzene rings is 2. The molecule has 3 rings (SSSR count). The summed E-state index contributed by atoms with van der Waals surface area (Å²) in [4.78, 5) is 15.6. The van der Waals surface area contributed by atoms with Crippen molar-refractivity contribution >= 4 is 39.8 Å². The number of rotatable bonds is 3. The lowest BCUT2D eigenvalue weighted by molar-refractivity contribution is 0.0697. The molecule has 1 aromatic heterocycles. The van der Waals surface area contributed by atoms with Gasteiger partial charge in [0, 0.05) is 22.3 Å². The van der Waals surface area contributed by atoms with E-state index < -0.39 is 5.97 Å². The van der Waals surface area contributed by atoms with Crippen LogP contribution in [0.2, 0.25) is 5.02 Å². The smallest absolute Gasteiger partial charge is 0.339 e. The van der Waals surface area contributed by atoms with Gasteiger partial charge in [-0.1, -0.05) is 29.8 Å². The molecule has 21 heavy (non-hydrogen) atoms. The standard InChI is InChI=1S/C16H11ClN2O2/c17-10-6-7-12-14(8-10)18-9-13(16(20)21)15(12)19-11-4-2-1-3-5-11/h1-9H,(H,18,19)(H,20,21). The maximum atomic E-state index is 11.4. The Morgan fingerprint density at radius 3 is 2.62 bits per heavy atom. The van der Waals surface area contributed by atoms with E-state index in [-0.39, 0.29) is 5.56 Å². The molecule has 1 heterocycles. The van der Waals surface area contributed by atoms with Crippen molar-refractivity contribution in [1.82, 2.24) is 4.98 Å². The van der Waals surface area contributed by atoms with Gasteiger partial charge in [0.25, 0.3) is 0 Å². The number of nitrogens with zero attached hydrogens (tertiary/aromatic N) is 1. The van der Waals surface area contributed by atoms with Crippen LogP contribution in [-0.2, 0) is 0 Å². The van der Waals surface area contributed by atoms with Gasteiger partial charge in [-0.2, -0.15) is 0 Å². The molecule has 104 valence electrons. The first-order valence-electron chi connectivity index (χ1n) is 6.29. The number of para-hydroxylation sites is 1. The normalized spacial score (nSPS) is 10.5. The summed E-state index contributed by atoms with van der Waals surface area (Å²) in [5.41, 5.74) is 2.08. The first kappa shape index (κ1) is 13.4. The molecule has 0 radical (unpaired) electrons. The Hall–Kier alpha value is -2.59. The van der Waals surface area contributed by atoms with Gasteiger partial charge in [0.2, 0.25) is 0 Å². The van der Waals surface area contributed by atoms with Crippen LogP contribution in [-0.4, -0.2) is 16.1 Å². The molecule has 0 aliphatic carbocycles. The number of carbonyl (C=O) groups is 1. The average molecular weight is 299 g/mol. The van der Waals surface area contributed by atoms with Crippen LogP contribution in [0.15, 0.2) is 54.7 Å². The summed E-state index contributed by atoms with van der Waals surface area (Å²) in [6.07, 6.45) is 1.34. The number of fused-ring (bicyclic) bond motifs is 1. The lowest BCUT2D eigenvalue weighted by Gasteiger charge is -2.12. The quantitative estimate of drug-likeness (QED) is 0.755. The summed E-state index contributed by atoms with van der Waals surface area (Å²) < 4.78 is 0. The van der Waals surface area contributed by atoms with E-state index >= 15 is 0 Å². The molecule has 0 saturated carbocycles. The third-order valence-corrected chi connectivity index (χ3v) is 3.34. The third-order valence-electron chi connectivity index (χ3n) is 3.10. The molecule has 0 bridgehead atoms. The molecule has 2 aromatic carbocycles. The van der Waals surface area contributed by atoms with Crippen LogP contribution in [0.5, 0.6) is 0 Å². The number of anilines is 2. The number of carboxylic acid groups (broad SMARTS) is 1. The Bertz CT molecular complexity index is 819. The van der Waals surface area contributed by atoms with Gasteiger partial charge in [-0.3, -0.25) is 4.98 Å². The lowest BCUT2D eigenvalue weighted by Crippen LogP contribution is -2.04. The summed E-state index contributed by atoms with van der Waals surface area (Å²) in [5.74, 6) is -1.03. The van der Waals surface area contributed by atoms with Crippen molar-refractivity contribution in [2.24, 2.45) is 0 Å². The minimum absolute atomic E-state index is 0.119. The van der Waals surface area contributed by atoms with E-state index in [1.165, 1.54) is 6.20 Å². The van der Waals surface area contributed by atoms with E-state index in [0.29, 0.717) is 21.6 Å². The summed E-state index contributed by atoms with van der Waals surface area (Å²) in [7, 11) is 0. The molecular formula is C16H11ClN2O2. The number of hydrogen-bond donors (Lipinski definition) is 2. The van der Waals surface area contributed by atoms with Gasteiger partial charge >= 0.3 is 5.97 Å². The topological polar surface area (TPSA) is 62.2 Å². The number of nitrogens with one attached hydrogen (secondary N) is 1. The summed E-state index contributed by atoms with van der Waals surface area (Å²) in [5, 5.41) is 13.8. The van der Waals surface area contributed by atoms with Gasteiger partial charge < -0.3 is 10.4 Å². The molecule has 3 aromatic rings. The van der Waals surface area contributed by atoms with Crippen LogP contribution in [0, 0.1) is 0 Å². The first-order chi connectivity index (χ1) is 10.1. The highest BCUT2D eigenvalue weighted by atomic mass is 35.5. The van der Waals surface area contributed by atoms with E-state index in [1.807, 2.05) is 30.3 Å². The van der Waals surface area contributed by atoms with Gasteiger partial charge in [0.1, 0.15) is 5.56 Å². The number of pyridine rings is 1. The van der Waals surface area contributed by atoms with Crippen molar-refractivity contribution in [1.29, 1.82) is 0 Å². The van der Waals surface area contributed by atoms with Gasteiger partial charge in [0.05, 0.1) is 11.2 Å². The molecule has 0 aliphatic heterocycles. The zero-order valence-corrected chi connectivity index (χ0v) is 11.6. The fourth-order valence-corrected chi connectivity index (χ4v) is 2.30. The average Bonchev–Trinajstić information content (AvgIpc) is 2.48. The van der Waals surface area contributed by atoms with Crippen LogP contribution in [0.1, 0.15) is 10.4 Å². The second-order valence-electron chi connectivity index (χ2n) is 4.50. The van der Waals surface area contributed by atoms with Crippen molar-refractivity contribution in [3.63, 3.8) is 0 Å². The predicted molar refractivity (Wildman–Crippen MR) is 83.4 cm³/mol. The van der Waals surface area contributed by atoms with Gasteiger partial charge in [0.15, 0.2) is 0 Å². The molecule has 2 N–H and O–H groups in total. The first-order valence-corrected chi connectivity index (χ1v) is 6.66. The van der Waals surface area contributed by atoms with E-state index in [4.69, 9.17) is 11.6 Å². The van der Waals surface area contributed by atoms with Gasteiger partial charge in [-0.25, -0.2) is 4.79 Å². The maximum absolute atomic E-state index is 11.4. The minimum atomic E-state index is -1.03. The minimum Gasteiger partial charge on any atom is -0.478 e. The number of aromatic carboxylic acids is 1. The molecule has 0 atom stereocenters. The molecule has 0 saturated heterocycles. The molecule has 0 fully saturated rings. The monoisotopic (exact) mass is 298 g/mol. The van der Waals surface area contributed by atoms with E-state index in [0.717, 1.165) is 5.69 Å². The van der Waals surface area contributed by atoms with Crippen molar-refractivity contribution in [2.45, 2.75) is 0 Å². The van der Waals surface area contributed by atoms with Crippen LogP contribution in [0.4, 0.5) is 11.4 Å². The molecule has 4 nitrogen and oxygen atoms in total. The van der Waals surface area contributed by atoms with E-state index in [9.17, 15) is 9.90 Å². The van der Waals surface area contributed by atoms with Crippen LogP contribution >= 0.6 is 11.6 Å². The molecule has 0 spiro atoms. The van der Waals surface area contributed by atoms with Crippen LogP contribution < -0.4 is 5.32 Å². The van der Waals surface area contributed by atoms with Crippen molar-refractivity contribution < 1.29 is 9.90 Å². The molecule has 0 unspecified atom stereocenters. The highest BCUT2D eigenvalue weighted by molar-refractivity contribution is 6.31. The largest absolute Gasteiger partial charge is 0.478 e. The zero-order valence-electron chi connectivity index (χ0n) is 10.9.